The van der Waals surface area contributed by atoms with Gasteiger partial charge < -0.3 is 10.1 Å². The van der Waals surface area contributed by atoms with Crippen LogP contribution in [0.4, 0.5) is 0 Å². The highest BCUT2D eigenvalue weighted by Gasteiger charge is 2.23. The summed E-state index contributed by atoms with van der Waals surface area (Å²) in [6, 6.07) is 16.1. The lowest BCUT2D eigenvalue weighted by Crippen LogP contribution is -2.40. The van der Waals surface area contributed by atoms with E-state index in [2.05, 4.69) is 22.3 Å². The van der Waals surface area contributed by atoms with Gasteiger partial charge in [-0.2, -0.15) is 0 Å². The number of rotatable bonds is 6. The molecule has 27 heavy (non-hydrogen) atoms. The topological polar surface area (TPSA) is 41.6 Å². The van der Waals surface area contributed by atoms with Crippen LogP contribution in [0.1, 0.15) is 46.8 Å². The Hall–Kier alpha value is -2.04. The first-order valence-electron chi connectivity index (χ1n) is 9.41. The number of ether oxygens (including phenoxy) is 1. The van der Waals surface area contributed by atoms with Gasteiger partial charge in [0, 0.05) is 12.1 Å². The third kappa shape index (κ3) is 5.47. The van der Waals surface area contributed by atoms with Crippen molar-refractivity contribution in [1.82, 2.24) is 10.2 Å². The highest BCUT2D eigenvalue weighted by Crippen LogP contribution is 2.26. The normalized spacial score (nSPS) is 15.5. The van der Waals surface area contributed by atoms with Crippen LogP contribution in [0.15, 0.2) is 48.5 Å². The standard InChI is InChI=1S/C22H28N2O2.ClH/c1-17-8-4-5-9-20(17)22(25)23-16-21(24-14-6-3-7-15-24)18-10-12-19(26-2)13-11-18;/h4-5,8-13,21H,3,6-7,14-16H2,1-2H3,(H,23,25);1H. The number of nitrogens with one attached hydrogen (secondary N) is 1. The maximum absolute atomic E-state index is 12.6. The van der Waals surface area contributed by atoms with Crippen molar-refractivity contribution in [3.05, 3.63) is 65.2 Å². The minimum absolute atomic E-state index is 0. The maximum atomic E-state index is 12.6. The number of aryl methyl sites for hydroxylation is 1. The molecule has 1 unspecified atom stereocenters. The molecule has 146 valence electrons. The van der Waals surface area contributed by atoms with Gasteiger partial charge in [0.05, 0.1) is 13.2 Å². The van der Waals surface area contributed by atoms with Crippen molar-refractivity contribution in [1.29, 1.82) is 0 Å². The lowest BCUT2D eigenvalue weighted by molar-refractivity contribution is 0.0924. The van der Waals surface area contributed by atoms with Crippen molar-refractivity contribution in [3.8, 4) is 5.75 Å². The van der Waals surface area contributed by atoms with E-state index in [1.807, 2.05) is 43.3 Å². The summed E-state index contributed by atoms with van der Waals surface area (Å²) in [5, 5.41) is 3.15. The van der Waals surface area contributed by atoms with Crippen LogP contribution < -0.4 is 10.1 Å². The molecule has 1 N–H and O–H groups in total. The van der Waals surface area contributed by atoms with Gasteiger partial charge in [-0.05, 0) is 62.2 Å². The second kappa shape index (κ2) is 10.3. The van der Waals surface area contributed by atoms with Crippen LogP contribution in [0, 0.1) is 6.92 Å². The summed E-state index contributed by atoms with van der Waals surface area (Å²) in [7, 11) is 1.68. The molecule has 0 aliphatic carbocycles. The molecule has 1 atom stereocenters. The first-order valence-corrected chi connectivity index (χ1v) is 9.41. The van der Waals surface area contributed by atoms with Gasteiger partial charge in [0.2, 0.25) is 0 Å². The smallest absolute Gasteiger partial charge is 0.251 e. The number of carbonyl (C=O) groups is 1. The molecule has 1 heterocycles. The van der Waals surface area contributed by atoms with Gasteiger partial charge in [0.25, 0.3) is 5.91 Å². The van der Waals surface area contributed by atoms with Crippen molar-refractivity contribution in [3.63, 3.8) is 0 Å². The SMILES string of the molecule is COc1ccc(C(CNC(=O)c2ccccc2C)N2CCCCC2)cc1.Cl. The van der Waals surface area contributed by atoms with E-state index in [1.165, 1.54) is 24.8 Å². The van der Waals surface area contributed by atoms with Crippen LogP contribution in [0.5, 0.6) is 5.75 Å². The number of piperidine rings is 1. The number of benzene rings is 2. The molecule has 4 nitrogen and oxygen atoms in total. The van der Waals surface area contributed by atoms with E-state index >= 15 is 0 Å². The van der Waals surface area contributed by atoms with E-state index in [1.54, 1.807) is 7.11 Å². The predicted octanol–water partition coefficient (Wildman–Crippen LogP) is 4.38. The molecule has 0 radical (unpaired) electrons. The first-order chi connectivity index (χ1) is 12.7. The highest BCUT2D eigenvalue weighted by molar-refractivity contribution is 5.95. The number of halogens is 1. The number of hydrogen-bond acceptors (Lipinski definition) is 3. The minimum atomic E-state index is -0.00128. The minimum Gasteiger partial charge on any atom is -0.497 e. The maximum Gasteiger partial charge on any atom is 0.251 e. The fourth-order valence-electron chi connectivity index (χ4n) is 3.63. The monoisotopic (exact) mass is 388 g/mol. The fraction of sp³-hybridized carbons (Fsp3) is 0.409. The molecular weight excluding hydrogens is 360 g/mol. The second-order valence-corrected chi connectivity index (χ2v) is 6.91. The van der Waals surface area contributed by atoms with Gasteiger partial charge in [-0.25, -0.2) is 0 Å². The van der Waals surface area contributed by atoms with Crippen LogP contribution in [-0.4, -0.2) is 37.6 Å². The zero-order chi connectivity index (χ0) is 18.4. The van der Waals surface area contributed by atoms with Gasteiger partial charge in [-0.3, -0.25) is 9.69 Å². The quantitative estimate of drug-likeness (QED) is 0.798. The van der Waals surface area contributed by atoms with Crippen LogP contribution in [0.3, 0.4) is 0 Å². The predicted molar refractivity (Wildman–Crippen MR) is 112 cm³/mol. The molecule has 3 rings (SSSR count). The molecule has 0 aromatic heterocycles. The second-order valence-electron chi connectivity index (χ2n) is 6.91. The molecule has 1 aliphatic rings. The van der Waals surface area contributed by atoms with Crippen LogP contribution in [0.25, 0.3) is 0 Å². The van der Waals surface area contributed by atoms with Crippen molar-refractivity contribution >= 4 is 18.3 Å². The van der Waals surface area contributed by atoms with Gasteiger partial charge in [-0.1, -0.05) is 36.8 Å². The summed E-state index contributed by atoms with van der Waals surface area (Å²) in [6.45, 7) is 4.74. The summed E-state index contributed by atoms with van der Waals surface area (Å²) in [5.41, 5.74) is 2.97. The molecule has 0 saturated carbocycles. The number of hydrogen-bond donors (Lipinski definition) is 1. The number of amides is 1. The number of carbonyl (C=O) groups excluding carboxylic acids is 1. The zero-order valence-electron chi connectivity index (χ0n) is 16.1. The lowest BCUT2D eigenvalue weighted by Gasteiger charge is -2.35. The van der Waals surface area contributed by atoms with E-state index in [4.69, 9.17) is 4.74 Å². The Kier molecular flexibility index (Phi) is 8.14. The Labute approximate surface area is 168 Å². The van der Waals surface area contributed by atoms with Gasteiger partial charge in [0.15, 0.2) is 0 Å². The van der Waals surface area contributed by atoms with Gasteiger partial charge in [-0.15, -0.1) is 12.4 Å². The molecule has 1 amide bonds. The summed E-state index contributed by atoms with van der Waals surface area (Å²) in [6.07, 6.45) is 3.73. The number of nitrogens with zero attached hydrogens (tertiary/aromatic N) is 1. The molecule has 0 spiro atoms. The molecule has 1 fully saturated rings. The molecular formula is C22H29ClN2O2. The summed E-state index contributed by atoms with van der Waals surface area (Å²) in [5.74, 6) is 0.855. The van der Waals surface area contributed by atoms with Crippen LogP contribution in [-0.2, 0) is 0 Å². The fourth-order valence-corrected chi connectivity index (χ4v) is 3.63. The molecule has 2 aromatic carbocycles. The third-order valence-electron chi connectivity index (χ3n) is 5.18. The van der Waals surface area contributed by atoms with Crippen LogP contribution in [0.2, 0.25) is 0 Å². The Morgan fingerprint density at radius 2 is 1.74 bits per heavy atom. The van der Waals surface area contributed by atoms with E-state index in [0.29, 0.717) is 6.54 Å². The Balaban J connectivity index is 0.00000261. The van der Waals surface area contributed by atoms with Gasteiger partial charge in [0.1, 0.15) is 5.75 Å². The molecule has 1 saturated heterocycles. The lowest BCUT2D eigenvalue weighted by atomic mass is 10.0. The van der Waals surface area contributed by atoms with E-state index in [9.17, 15) is 4.79 Å². The first kappa shape index (κ1) is 21.3. The van der Waals surface area contributed by atoms with E-state index in [0.717, 1.165) is 30.0 Å². The van der Waals surface area contributed by atoms with E-state index < -0.39 is 0 Å². The zero-order valence-corrected chi connectivity index (χ0v) is 16.9. The average molecular weight is 389 g/mol. The Morgan fingerprint density at radius 1 is 1.07 bits per heavy atom. The van der Waals surface area contributed by atoms with Crippen molar-refractivity contribution < 1.29 is 9.53 Å². The van der Waals surface area contributed by atoms with Crippen LogP contribution >= 0.6 is 12.4 Å². The number of likely N-dealkylation sites (tertiary alicyclic amines) is 1. The van der Waals surface area contributed by atoms with Gasteiger partial charge >= 0.3 is 0 Å². The summed E-state index contributed by atoms with van der Waals surface area (Å²) < 4.78 is 5.28. The molecule has 2 aromatic rings. The molecule has 0 bridgehead atoms. The largest absolute Gasteiger partial charge is 0.497 e. The third-order valence-corrected chi connectivity index (χ3v) is 5.18. The highest BCUT2D eigenvalue weighted by atomic mass is 35.5. The molecule has 5 heteroatoms. The van der Waals surface area contributed by atoms with Crippen molar-refractivity contribution in [2.75, 3.05) is 26.7 Å². The average Bonchev–Trinajstić information content (AvgIpc) is 2.69. The van der Waals surface area contributed by atoms with E-state index in [-0.39, 0.29) is 24.4 Å². The Bertz CT molecular complexity index is 727. The van der Waals surface area contributed by atoms with Crippen molar-refractivity contribution in [2.24, 2.45) is 0 Å². The Morgan fingerprint density at radius 3 is 2.37 bits per heavy atom. The molecule has 1 aliphatic heterocycles. The number of methoxy groups -OCH3 is 1. The summed E-state index contributed by atoms with van der Waals surface area (Å²) >= 11 is 0. The summed E-state index contributed by atoms with van der Waals surface area (Å²) in [4.78, 5) is 15.1. The van der Waals surface area contributed by atoms with Crippen molar-refractivity contribution in [2.45, 2.75) is 32.2 Å².